The van der Waals surface area contributed by atoms with E-state index in [4.69, 9.17) is 4.74 Å². The second-order valence-electron chi connectivity index (χ2n) is 8.23. The summed E-state index contributed by atoms with van der Waals surface area (Å²) in [5.74, 6) is 2.37. The molecular formula is C25H32O2. The maximum atomic E-state index is 12.4. The predicted octanol–water partition coefficient (Wildman–Crippen LogP) is 7.10. The molecule has 1 saturated carbocycles. The summed E-state index contributed by atoms with van der Waals surface area (Å²) >= 11 is 0. The van der Waals surface area contributed by atoms with Crippen molar-refractivity contribution in [3.63, 3.8) is 0 Å². The number of carbonyl (C=O) groups is 1. The smallest absolute Gasteiger partial charge is 0.343 e. The number of carbonyl (C=O) groups excluding carboxylic acids is 1. The lowest BCUT2D eigenvalue weighted by molar-refractivity contribution is 0.0734. The number of ether oxygens (including phenoxy) is 1. The molecule has 0 aromatic heterocycles. The van der Waals surface area contributed by atoms with Crippen molar-refractivity contribution in [3.05, 3.63) is 65.2 Å². The standard InChI is InChI=1S/C25H32O2/c1-4-5-19(3)20-10-12-23(13-11-20)25(26)27-24-16-14-22(15-17-24)21-8-6-18(2)7-9-21/h10-19,21H,4-9H2,1-3H3. The van der Waals surface area contributed by atoms with Gasteiger partial charge in [0.05, 0.1) is 5.56 Å². The Labute approximate surface area is 164 Å². The minimum Gasteiger partial charge on any atom is -0.423 e. The average Bonchev–Trinajstić information content (AvgIpc) is 2.69. The van der Waals surface area contributed by atoms with Crippen LogP contribution in [-0.4, -0.2) is 5.97 Å². The van der Waals surface area contributed by atoms with Gasteiger partial charge in [-0.05, 0) is 72.4 Å². The van der Waals surface area contributed by atoms with Crippen molar-refractivity contribution in [2.75, 3.05) is 0 Å². The van der Waals surface area contributed by atoms with E-state index in [1.165, 1.54) is 43.2 Å². The molecular weight excluding hydrogens is 332 g/mol. The third-order valence-electron chi connectivity index (χ3n) is 6.02. The van der Waals surface area contributed by atoms with Gasteiger partial charge < -0.3 is 4.74 Å². The molecule has 0 aliphatic heterocycles. The number of hydrogen-bond acceptors (Lipinski definition) is 2. The Morgan fingerprint density at radius 1 is 1.00 bits per heavy atom. The zero-order valence-corrected chi connectivity index (χ0v) is 16.9. The Hall–Kier alpha value is -2.09. The van der Waals surface area contributed by atoms with Crippen LogP contribution in [0.2, 0.25) is 0 Å². The van der Waals surface area contributed by atoms with Gasteiger partial charge in [-0.25, -0.2) is 4.79 Å². The van der Waals surface area contributed by atoms with Crippen molar-refractivity contribution in [2.45, 2.75) is 71.1 Å². The number of rotatable bonds is 6. The molecule has 3 rings (SSSR count). The quantitative estimate of drug-likeness (QED) is 0.403. The van der Waals surface area contributed by atoms with Crippen molar-refractivity contribution >= 4 is 5.97 Å². The average molecular weight is 365 g/mol. The second kappa shape index (κ2) is 9.21. The van der Waals surface area contributed by atoms with Crippen molar-refractivity contribution in [1.82, 2.24) is 0 Å². The van der Waals surface area contributed by atoms with Gasteiger partial charge in [-0.3, -0.25) is 0 Å². The lowest BCUT2D eigenvalue weighted by atomic mass is 9.79. The lowest BCUT2D eigenvalue weighted by Crippen LogP contribution is -2.11. The number of esters is 1. The summed E-state index contributed by atoms with van der Waals surface area (Å²) in [7, 11) is 0. The summed E-state index contributed by atoms with van der Waals surface area (Å²) in [5.41, 5.74) is 3.25. The molecule has 2 aromatic carbocycles. The highest BCUT2D eigenvalue weighted by molar-refractivity contribution is 5.91. The number of benzene rings is 2. The van der Waals surface area contributed by atoms with Crippen LogP contribution in [0.1, 0.15) is 92.6 Å². The van der Waals surface area contributed by atoms with E-state index < -0.39 is 0 Å². The molecule has 1 unspecified atom stereocenters. The van der Waals surface area contributed by atoms with E-state index in [-0.39, 0.29) is 5.97 Å². The molecule has 2 nitrogen and oxygen atoms in total. The first kappa shape index (κ1) is 19.7. The van der Waals surface area contributed by atoms with Crippen LogP contribution in [0.15, 0.2) is 48.5 Å². The van der Waals surface area contributed by atoms with Crippen LogP contribution in [-0.2, 0) is 0 Å². The molecule has 0 bridgehead atoms. The molecule has 0 N–H and O–H groups in total. The van der Waals surface area contributed by atoms with Crippen LogP contribution in [0.25, 0.3) is 0 Å². The third-order valence-corrected chi connectivity index (χ3v) is 6.02. The normalized spacial score (nSPS) is 20.9. The predicted molar refractivity (Wildman–Crippen MR) is 112 cm³/mol. The fourth-order valence-corrected chi connectivity index (χ4v) is 4.11. The monoisotopic (exact) mass is 364 g/mol. The van der Waals surface area contributed by atoms with Crippen LogP contribution in [0.5, 0.6) is 5.75 Å². The van der Waals surface area contributed by atoms with E-state index in [2.05, 4.69) is 32.9 Å². The Morgan fingerprint density at radius 3 is 2.22 bits per heavy atom. The van der Waals surface area contributed by atoms with Gasteiger partial charge in [-0.2, -0.15) is 0 Å². The summed E-state index contributed by atoms with van der Waals surface area (Å²) in [5, 5.41) is 0. The Bertz CT molecular complexity index is 722. The van der Waals surface area contributed by atoms with Gasteiger partial charge in [0.15, 0.2) is 0 Å². The molecule has 0 amide bonds. The first-order valence-electron chi connectivity index (χ1n) is 10.5. The fraction of sp³-hybridized carbons (Fsp3) is 0.480. The topological polar surface area (TPSA) is 26.3 Å². The molecule has 0 radical (unpaired) electrons. The maximum absolute atomic E-state index is 12.4. The van der Waals surface area contributed by atoms with E-state index in [1.54, 1.807) is 0 Å². The SMILES string of the molecule is CCCC(C)c1ccc(C(=O)Oc2ccc(C3CCC(C)CC3)cc2)cc1. The molecule has 144 valence electrons. The molecule has 2 aromatic rings. The molecule has 2 heteroatoms. The molecule has 1 aliphatic rings. The molecule has 0 spiro atoms. The van der Waals surface area contributed by atoms with E-state index >= 15 is 0 Å². The first-order valence-corrected chi connectivity index (χ1v) is 10.5. The highest BCUT2D eigenvalue weighted by Gasteiger charge is 2.19. The van der Waals surface area contributed by atoms with Crippen LogP contribution in [0, 0.1) is 5.92 Å². The molecule has 27 heavy (non-hydrogen) atoms. The van der Waals surface area contributed by atoms with Crippen molar-refractivity contribution in [1.29, 1.82) is 0 Å². The van der Waals surface area contributed by atoms with Crippen LogP contribution >= 0.6 is 0 Å². The van der Waals surface area contributed by atoms with Crippen LogP contribution < -0.4 is 4.74 Å². The van der Waals surface area contributed by atoms with Gasteiger partial charge in [0.2, 0.25) is 0 Å². The molecule has 0 heterocycles. The van der Waals surface area contributed by atoms with Crippen molar-refractivity contribution < 1.29 is 9.53 Å². The van der Waals surface area contributed by atoms with E-state index in [0.29, 0.717) is 23.1 Å². The zero-order valence-electron chi connectivity index (χ0n) is 16.9. The zero-order chi connectivity index (χ0) is 19.2. The summed E-state index contributed by atoms with van der Waals surface area (Å²) in [6.07, 6.45) is 7.49. The van der Waals surface area contributed by atoms with Crippen LogP contribution in [0.4, 0.5) is 0 Å². The summed E-state index contributed by atoms with van der Waals surface area (Å²) in [6, 6.07) is 16.0. The lowest BCUT2D eigenvalue weighted by Gasteiger charge is -2.26. The van der Waals surface area contributed by atoms with Gasteiger partial charge in [-0.1, -0.05) is 64.3 Å². The molecule has 1 fully saturated rings. The van der Waals surface area contributed by atoms with Gasteiger partial charge in [-0.15, -0.1) is 0 Å². The Kier molecular flexibility index (Phi) is 6.71. The Morgan fingerprint density at radius 2 is 1.63 bits per heavy atom. The molecule has 1 atom stereocenters. The van der Waals surface area contributed by atoms with E-state index in [0.717, 1.165) is 12.3 Å². The summed E-state index contributed by atoms with van der Waals surface area (Å²) < 4.78 is 5.57. The van der Waals surface area contributed by atoms with Gasteiger partial charge in [0.25, 0.3) is 0 Å². The highest BCUT2D eigenvalue weighted by atomic mass is 16.5. The van der Waals surface area contributed by atoms with Crippen molar-refractivity contribution in [3.8, 4) is 5.75 Å². The maximum Gasteiger partial charge on any atom is 0.343 e. The fourth-order valence-electron chi connectivity index (χ4n) is 4.11. The van der Waals surface area contributed by atoms with Crippen molar-refractivity contribution in [2.24, 2.45) is 5.92 Å². The van der Waals surface area contributed by atoms with Crippen LogP contribution in [0.3, 0.4) is 0 Å². The summed E-state index contributed by atoms with van der Waals surface area (Å²) in [6.45, 7) is 6.77. The van der Waals surface area contributed by atoms with Gasteiger partial charge in [0, 0.05) is 0 Å². The third kappa shape index (κ3) is 5.22. The molecule has 1 aliphatic carbocycles. The first-order chi connectivity index (χ1) is 13.1. The minimum absolute atomic E-state index is 0.288. The Balaban J connectivity index is 1.59. The van der Waals surface area contributed by atoms with E-state index in [1.807, 2.05) is 36.4 Å². The van der Waals surface area contributed by atoms with E-state index in [9.17, 15) is 4.79 Å². The molecule has 0 saturated heterocycles. The second-order valence-corrected chi connectivity index (χ2v) is 8.23. The highest BCUT2D eigenvalue weighted by Crippen LogP contribution is 2.36. The number of hydrogen-bond donors (Lipinski definition) is 0. The van der Waals surface area contributed by atoms with Gasteiger partial charge >= 0.3 is 5.97 Å². The summed E-state index contributed by atoms with van der Waals surface area (Å²) in [4.78, 5) is 12.4. The van der Waals surface area contributed by atoms with Gasteiger partial charge in [0.1, 0.15) is 5.75 Å². The minimum atomic E-state index is -0.288. The largest absolute Gasteiger partial charge is 0.423 e.